The summed E-state index contributed by atoms with van der Waals surface area (Å²) in [4.78, 5) is 1.92. The number of methoxy groups -OCH3 is 1. The van der Waals surface area contributed by atoms with Crippen molar-refractivity contribution < 1.29 is 4.74 Å². The van der Waals surface area contributed by atoms with Crippen molar-refractivity contribution in [2.24, 2.45) is 0 Å². The topological polar surface area (TPSA) is 12.5 Å². The molecule has 0 aromatic carbocycles. The standard InChI is InChI=1S/C7H15NOS/c1-7(2,3)8(4)6(10)9-5/h1-5H3. The fraction of sp³-hybridized carbons (Fsp3) is 0.857. The predicted molar refractivity (Wildman–Crippen MR) is 47.1 cm³/mol. The van der Waals surface area contributed by atoms with Gasteiger partial charge in [-0.05, 0) is 33.0 Å². The largest absolute Gasteiger partial charge is 0.474 e. The minimum Gasteiger partial charge on any atom is -0.474 e. The quantitative estimate of drug-likeness (QED) is 0.501. The molecule has 10 heavy (non-hydrogen) atoms. The zero-order valence-corrected chi connectivity index (χ0v) is 8.08. The maximum Gasteiger partial charge on any atom is 0.259 e. The van der Waals surface area contributed by atoms with Crippen LogP contribution < -0.4 is 0 Å². The maximum atomic E-state index is 4.93. The molecule has 0 rings (SSSR count). The highest BCUT2D eigenvalue weighted by Crippen LogP contribution is 2.10. The molecule has 0 N–H and O–H groups in total. The molecule has 0 spiro atoms. The minimum atomic E-state index is 0.0487. The highest BCUT2D eigenvalue weighted by molar-refractivity contribution is 7.80. The van der Waals surface area contributed by atoms with Crippen molar-refractivity contribution in [1.29, 1.82) is 0 Å². The summed E-state index contributed by atoms with van der Waals surface area (Å²) >= 11 is 4.93. The number of thiocarbonyl (C=S) groups is 1. The van der Waals surface area contributed by atoms with Crippen LogP contribution in [-0.4, -0.2) is 29.8 Å². The average molecular weight is 161 g/mol. The lowest BCUT2D eigenvalue weighted by Gasteiger charge is -2.32. The molecular weight excluding hydrogens is 146 g/mol. The molecule has 0 saturated heterocycles. The van der Waals surface area contributed by atoms with Gasteiger partial charge < -0.3 is 9.64 Å². The summed E-state index contributed by atoms with van der Waals surface area (Å²) in [6.45, 7) is 6.24. The monoisotopic (exact) mass is 161 g/mol. The minimum absolute atomic E-state index is 0.0487. The summed E-state index contributed by atoms with van der Waals surface area (Å²) in [5.41, 5.74) is 0.0487. The van der Waals surface area contributed by atoms with E-state index in [4.69, 9.17) is 17.0 Å². The van der Waals surface area contributed by atoms with Gasteiger partial charge in [0.25, 0.3) is 5.17 Å². The lowest BCUT2D eigenvalue weighted by Crippen LogP contribution is -2.42. The fourth-order valence-corrected chi connectivity index (χ4v) is 0.685. The van der Waals surface area contributed by atoms with Crippen molar-refractivity contribution in [3.05, 3.63) is 0 Å². The predicted octanol–water partition coefficient (Wildman–Crippen LogP) is 1.65. The Morgan fingerprint density at radius 2 is 1.80 bits per heavy atom. The Morgan fingerprint density at radius 3 is 1.90 bits per heavy atom. The second-order valence-electron chi connectivity index (χ2n) is 3.20. The van der Waals surface area contributed by atoms with Crippen LogP contribution in [-0.2, 0) is 4.74 Å². The van der Waals surface area contributed by atoms with Crippen LogP contribution in [0.3, 0.4) is 0 Å². The van der Waals surface area contributed by atoms with Crippen LogP contribution in [0.5, 0.6) is 0 Å². The number of rotatable bonds is 0. The van der Waals surface area contributed by atoms with Gasteiger partial charge in [0, 0.05) is 12.6 Å². The van der Waals surface area contributed by atoms with Gasteiger partial charge >= 0.3 is 0 Å². The van der Waals surface area contributed by atoms with Crippen LogP contribution in [0.1, 0.15) is 20.8 Å². The zero-order valence-electron chi connectivity index (χ0n) is 7.26. The molecule has 0 atom stereocenters. The highest BCUT2D eigenvalue weighted by Gasteiger charge is 2.19. The fourth-order valence-electron chi connectivity index (χ4n) is 0.411. The Morgan fingerprint density at radius 1 is 1.40 bits per heavy atom. The van der Waals surface area contributed by atoms with Crippen LogP contribution >= 0.6 is 12.2 Å². The van der Waals surface area contributed by atoms with Crippen molar-refractivity contribution in [2.75, 3.05) is 14.2 Å². The molecule has 0 fully saturated rings. The summed E-state index contributed by atoms with van der Waals surface area (Å²) in [5, 5.41) is 0.535. The van der Waals surface area contributed by atoms with Crippen LogP contribution in [0.15, 0.2) is 0 Å². The number of nitrogens with zero attached hydrogens (tertiary/aromatic N) is 1. The molecule has 0 heterocycles. The molecule has 2 nitrogen and oxygen atoms in total. The van der Waals surface area contributed by atoms with E-state index < -0.39 is 0 Å². The van der Waals surface area contributed by atoms with Crippen LogP contribution in [0.4, 0.5) is 0 Å². The van der Waals surface area contributed by atoms with Crippen LogP contribution in [0.2, 0.25) is 0 Å². The third-order valence-electron chi connectivity index (χ3n) is 1.45. The Kier molecular flexibility index (Phi) is 3.09. The molecule has 0 unspecified atom stereocenters. The van der Waals surface area contributed by atoms with Crippen molar-refractivity contribution >= 4 is 17.4 Å². The summed E-state index contributed by atoms with van der Waals surface area (Å²) in [5.74, 6) is 0. The highest BCUT2D eigenvalue weighted by atomic mass is 32.1. The van der Waals surface area contributed by atoms with E-state index >= 15 is 0 Å². The van der Waals surface area contributed by atoms with E-state index in [2.05, 4.69) is 20.8 Å². The van der Waals surface area contributed by atoms with Gasteiger partial charge in [-0.25, -0.2) is 0 Å². The Bertz CT molecular complexity index is 128. The summed E-state index contributed by atoms with van der Waals surface area (Å²) in [6.07, 6.45) is 0. The summed E-state index contributed by atoms with van der Waals surface area (Å²) in [6, 6.07) is 0. The second-order valence-corrected chi connectivity index (χ2v) is 3.55. The van der Waals surface area contributed by atoms with Crippen molar-refractivity contribution in [3.8, 4) is 0 Å². The number of hydrogen-bond acceptors (Lipinski definition) is 2. The SMILES string of the molecule is COC(=S)N(C)C(C)(C)C. The Balaban J connectivity index is 4.08. The molecule has 0 saturated carbocycles. The molecule has 0 aliphatic heterocycles. The molecule has 60 valence electrons. The number of hydrogen-bond donors (Lipinski definition) is 0. The smallest absolute Gasteiger partial charge is 0.259 e. The molecule has 0 aromatic rings. The van der Waals surface area contributed by atoms with Crippen LogP contribution in [0.25, 0.3) is 0 Å². The first kappa shape index (κ1) is 9.69. The lowest BCUT2D eigenvalue weighted by atomic mass is 10.1. The van der Waals surface area contributed by atoms with Crippen molar-refractivity contribution in [2.45, 2.75) is 26.3 Å². The van der Waals surface area contributed by atoms with Gasteiger partial charge in [-0.2, -0.15) is 0 Å². The Labute approximate surface area is 68.2 Å². The van der Waals surface area contributed by atoms with Gasteiger partial charge in [0.05, 0.1) is 7.11 Å². The first-order valence-electron chi connectivity index (χ1n) is 3.21. The van der Waals surface area contributed by atoms with E-state index in [0.717, 1.165) is 0 Å². The zero-order chi connectivity index (χ0) is 8.36. The van der Waals surface area contributed by atoms with E-state index in [9.17, 15) is 0 Å². The molecule has 3 heteroatoms. The van der Waals surface area contributed by atoms with E-state index in [-0.39, 0.29) is 5.54 Å². The van der Waals surface area contributed by atoms with Gasteiger partial charge in [0.1, 0.15) is 0 Å². The van der Waals surface area contributed by atoms with E-state index in [0.29, 0.717) is 5.17 Å². The number of ether oxygens (including phenoxy) is 1. The average Bonchev–Trinajstić information content (AvgIpc) is 1.83. The summed E-state index contributed by atoms with van der Waals surface area (Å²) < 4.78 is 4.90. The van der Waals surface area contributed by atoms with Crippen LogP contribution in [0, 0.1) is 0 Å². The molecule has 0 amide bonds. The Hall–Kier alpha value is -0.310. The van der Waals surface area contributed by atoms with Crippen molar-refractivity contribution in [1.82, 2.24) is 4.90 Å². The van der Waals surface area contributed by atoms with E-state index in [1.54, 1.807) is 7.11 Å². The molecule has 0 radical (unpaired) electrons. The summed E-state index contributed by atoms with van der Waals surface area (Å²) in [7, 11) is 3.51. The van der Waals surface area contributed by atoms with E-state index in [1.807, 2.05) is 11.9 Å². The maximum absolute atomic E-state index is 4.93. The normalized spacial score (nSPS) is 10.9. The van der Waals surface area contributed by atoms with Crippen molar-refractivity contribution in [3.63, 3.8) is 0 Å². The first-order chi connectivity index (χ1) is 4.39. The third kappa shape index (κ3) is 2.52. The van der Waals surface area contributed by atoms with Gasteiger partial charge in [0.2, 0.25) is 0 Å². The molecule has 0 aromatic heterocycles. The lowest BCUT2D eigenvalue weighted by molar-refractivity contribution is 0.222. The molecule has 0 bridgehead atoms. The van der Waals surface area contributed by atoms with Gasteiger partial charge in [-0.15, -0.1) is 0 Å². The molecule has 0 aliphatic carbocycles. The molecular formula is C7H15NOS. The first-order valence-corrected chi connectivity index (χ1v) is 3.62. The second kappa shape index (κ2) is 3.19. The third-order valence-corrected chi connectivity index (χ3v) is 1.90. The molecule has 0 aliphatic rings. The van der Waals surface area contributed by atoms with Gasteiger partial charge in [-0.3, -0.25) is 0 Å². The van der Waals surface area contributed by atoms with Gasteiger partial charge in [0.15, 0.2) is 0 Å². The van der Waals surface area contributed by atoms with Gasteiger partial charge in [-0.1, -0.05) is 0 Å². The van der Waals surface area contributed by atoms with E-state index in [1.165, 1.54) is 0 Å².